The summed E-state index contributed by atoms with van der Waals surface area (Å²) in [5.74, 6) is 0.0470. The van der Waals surface area contributed by atoms with Gasteiger partial charge in [0.2, 0.25) is 0 Å². The van der Waals surface area contributed by atoms with Gasteiger partial charge in [-0.05, 0) is 31.2 Å². The van der Waals surface area contributed by atoms with Crippen LogP contribution in [0.25, 0.3) is 0 Å². The molecule has 0 spiro atoms. The third kappa shape index (κ3) is 4.01. The number of hydrogen-bond acceptors (Lipinski definition) is 4. The Morgan fingerprint density at radius 3 is 2.33 bits per heavy atom. The fourth-order valence-electron chi connectivity index (χ4n) is 2.25. The van der Waals surface area contributed by atoms with Crippen molar-refractivity contribution in [1.82, 2.24) is 4.90 Å². The molecule has 21 heavy (non-hydrogen) atoms. The number of nitrogens with two attached hydrogens (primary N) is 2. The summed E-state index contributed by atoms with van der Waals surface area (Å²) < 4.78 is 5.01. The topological polar surface area (TPSA) is 97.2 Å². The Bertz CT molecular complexity index is 503. The van der Waals surface area contributed by atoms with Crippen LogP contribution in [-0.2, 0) is 4.74 Å². The minimum Gasteiger partial charge on any atom is -0.450 e. The average molecular weight is 291 g/mol. The lowest BCUT2D eigenvalue weighted by Gasteiger charge is -2.35. The van der Waals surface area contributed by atoms with E-state index >= 15 is 0 Å². The zero-order chi connectivity index (χ0) is 15.2. The summed E-state index contributed by atoms with van der Waals surface area (Å²) in [6, 6.07) is 7.68. The summed E-state index contributed by atoms with van der Waals surface area (Å²) >= 11 is 0. The second-order valence-electron chi connectivity index (χ2n) is 4.73. The fraction of sp³-hybridized carbons (Fsp3) is 0.429. The Labute approximate surface area is 124 Å². The number of anilines is 1. The van der Waals surface area contributed by atoms with Gasteiger partial charge in [-0.3, -0.25) is 0 Å². The Kier molecular flexibility index (Phi) is 4.86. The van der Waals surface area contributed by atoms with E-state index in [4.69, 9.17) is 16.2 Å². The third-order valence-corrected chi connectivity index (χ3v) is 3.28. The summed E-state index contributed by atoms with van der Waals surface area (Å²) in [6.45, 7) is 5.10. The van der Waals surface area contributed by atoms with Gasteiger partial charge in [0.1, 0.15) is 0 Å². The molecule has 7 nitrogen and oxygen atoms in total. The number of ether oxygens (including phenoxy) is 1. The number of benzene rings is 1. The molecule has 1 amide bonds. The number of carbonyl (C=O) groups is 1. The average Bonchev–Trinajstić information content (AvgIpc) is 2.48. The van der Waals surface area contributed by atoms with Crippen molar-refractivity contribution in [3.05, 3.63) is 24.3 Å². The van der Waals surface area contributed by atoms with Gasteiger partial charge < -0.3 is 26.0 Å². The van der Waals surface area contributed by atoms with Gasteiger partial charge in [-0.2, -0.15) is 0 Å². The molecule has 0 radical (unpaired) electrons. The number of rotatable bonds is 3. The second-order valence-corrected chi connectivity index (χ2v) is 4.73. The zero-order valence-corrected chi connectivity index (χ0v) is 12.2. The van der Waals surface area contributed by atoms with Crippen LogP contribution in [0.2, 0.25) is 0 Å². The Balaban J connectivity index is 1.93. The number of carbonyl (C=O) groups excluding carboxylic acids is 1. The fourth-order valence-corrected chi connectivity index (χ4v) is 2.25. The van der Waals surface area contributed by atoms with Crippen LogP contribution >= 0.6 is 0 Å². The van der Waals surface area contributed by atoms with E-state index in [9.17, 15) is 4.79 Å². The molecule has 1 aliphatic rings. The molecule has 0 saturated carbocycles. The molecule has 0 atom stereocenters. The maximum absolute atomic E-state index is 11.6. The molecule has 1 aromatic rings. The van der Waals surface area contributed by atoms with E-state index in [1.54, 1.807) is 4.90 Å². The molecule has 114 valence electrons. The number of piperazine rings is 1. The standard InChI is InChI=1S/C14H21N5O2/c1-2-21-14(20)19-9-7-18(8-10-19)12-5-3-11(4-6-12)17-13(15)16/h3-6H,2,7-10H2,1H3,(H4,15,16,17). The summed E-state index contributed by atoms with van der Waals surface area (Å²) in [5, 5.41) is 0. The van der Waals surface area contributed by atoms with E-state index < -0.39 is 0 Å². The molecular weight excluding hydrogens is 270 g/mol. The number of aliphatic imine (C=N–C) groups is 1. The number of amides is 1. The van der Waals surface area contributed by atoms with Crippen LogP contribution in [0.15, 0.2) is 29.3 Å². The first-order chi connectivity index (χ1) is 10.1. The van der Waals surface area contributed by atoms with Gasteiger partial charge in [0, 0.05) is 31.9 Å². The highest BCUT2D eigenvalue weighted by Gasteiger charge is 2.21. The van der Waals surface area contributed by atoms with Gasteiger partial charge in [0.05, 0.1) is 12.3 Å². The Hall–Kier alpha value is -2.44. The molecule has 1 aromatic carbocycles. The van der Waals surface area contributed by atoms with Crippen molar-refractivity contribution >= 4 is 23.4 Å². The smallest absolute Gasteiger partial charge is 0.409 e. The van der Waals surface area contributed by atoms with Gasteiger partial charge in [-0.1, -0.05) is 0 Å². The molecule has 0 aromatic heterocycles. The summed E-state index contributed by atoms with van der Waals surface area (Å²) in [6.07, 6.45) is -0.236. The van der Waals surface area contributed by atoms with Crippen LogP contribution in [0.1, 0.15) is 6.92 Å². The van der Waals surface area contributed by atoms with Crippen molar-refractivity contribution < 1.29 is 9.53 Å². The van der Waals surface area contributed by atoms with E-state index in [0.29, 0.717) is 19.7 Å². The minimum atomic E-state index is -0.236. The lowest BCUT2D eigenvalue weighted by Crippen LogP contribution is -2.48. The number of nitrogens with zero attached hydrogens (tertiary/aromatic N) is 3. The monoisotopic (exact) mass is 291 g/mol. The molecule has 2 rings (SSSR count). The van der Waals surface area contributed by atoms with E-state index in [1.807, 2.05) is 31.2 Å². The quantitative estimate of drug-likeness (QED) is 0.636. The first-order valence-electron chi connectivity index (χ1n) is 6.96. The molecule has 0 bridgehead atoms. The first-order valence-corrected chi connectivity index (χ1v) is 6.96. The summed E-state index contributed by atoms with van der Waals surface area (Å²) in [7, 11) is 0. The van der Waals surface area contributed by atoms with E-state index in [2.05, 4.69) is 9.89 Å². The van der Waals surface area contributed by atoms with Crippen molar-refractivity contribution in [2.24, 2.45) is 16.5 Å². The maximum atomic E-state index is 11.6. The van der Waals surface area contributed by atoms with Crippen molar-refractivity contribution in [3.8, 4) is 0 Å². The molecular formula is C14H21N5O2. The van der Waals surface area contributed by atoms with Crippen molar-refractivity contribution in [2.45, 2.75) is 6.92 Å². The van der Waals surface area contributed by atoms with Crippen molar-refractivity contribution in [1.29, 1.82) is 0 Å². The second kappa shape index (κ2) is 6.83. The van der Waals surface area contributed by atoms with E-state index in [0.717, 1.165) is 24.5 Å². The highest BCUT2D eigenvalue weighted by atomic mass is 16.6. The molecule has 0 unspecified atom stereocenters. The van der Waals surface area contributed by atoms with Crippen LogP contribution in [-0.4, -0.2) is 49.7 Å². The van der Waals surface area contributed by atoms with E-state index in [1.165, 1.54) is 0 Å². The third-order valence-electron chi connectivity index (χ3n) is 3.28. The predicted molar refractivity (Wildman–Crippen MR) is 82.7 cm³/mol. The normalized spacial score (nSPS) is 14.7. The zero-order valence-electron chi connectivity index (χ0n) is 12.2. The SMILES string of the molecule is CCOC(=O)N1CCN(c2ccc(N=C(N)N)cc2)CC1. The Morgan fingerprint density at radius 2 is 1.81 bits per heavy atom. The first kappa shape index (κ1) is 15.0. The lowest BCUT2D eigenvalue weighted by molar-refractivity contribution is 0.105. The van der Waals surface area contributed by atoms with Crippen LogP contribution in [0.4, 0.5) is 16.2 Å². The number of guanidine groups is 1. The van der Waals surface area contributed by atoms with E-state index in [-0.39, 0.29) is 12.1 Å². The van der Waals surface area contributed by atoms with Crippen LogP contribution in [0, 0.1) is 0 Å². The molecule has 1 fully saturated rings. The Morgan fingerprint density at radius 1 is 1.19 bits per heavy atom. The molecule has 7 heteroatoms. The maximum Gasteiger partial charge on any atom is 0.409 e. The molecule has 1 heterocycles. The molecule has 4 N–H and O–H groups in total. The van der Waals surface area contributed by atoms with Gasteiger partial charge >= 0.3 is 6.09 Å². The minimum absolute atomic E-state index is 0.0470. The molecule has 1 aliphatic heterocycles. The predicted octanol–water partition coefficient (Wildman–Crippen LogP) is 0.870. The molecule has 1 saturated heterocycles. The summed E-state index contributed by atoms with van der Waals surface area (Å²) in [4.78, 5) is 19.6. The van der Waals surface area contributed by atoms with Crippen LogP contribution in [0.5, 0.6) is 0 Å². The van der Waals surface area contributed by atoms with Crippen LogP contribution in [0.3, 0.4) is 0 Å². The van der Waals surface area contributed by atoms with Crippen LogP contribution < -0.4 is 16.4 Å². The highest BCUT2D eigenvalue weighted by molar-refractivity contribution is 5.79. The lowest BCUT2D eigenvalue weighted by atomic mass is 10.2. The largest absolute Gasteiger partial charge is 0.450 e. The van der Waals surface area contributed by atoms with Crippen molar-refractivity contribution in [3.63, 3.8) is 0 Å². The number of hydrogen-bond donors (Lipinski definition) is 2. The van der Waals surface area contributed by atoms with Gasteiger partial charge in [-0.25, -0.2) is 9.79 Å². The van der Waals surface area contributed by atoms with Crippen molar-refractivity contribution in [2.75, 3.05) is 37.7 Å². The van der Waals surface area contributed by atoms with Gasteiger partial charge in [0.15, 0.2) is 5.96 Å². The highest BCUT2D eigenvalue weighted by Crippen LogP contribution is 2.21. The summed E-state index contributed by atoms with van der Waals surface area (Å²) in [5.41, 5.74) is 12.5. The molecule has 0 aliphatic carbocycles. The van der Waals surface area contributed by atoms with Gasteiger partial charge in [-0.15, -0.1) is 0 Å². The van der Waals surface area contributed by atoms with Gasteiger partial charge in [0.25, 0.3) is 0 Å².